The molecule has 0 saturated carbocycles. The number of carbonyl (C=O) groups is 1. The number of halogens is 1. The average Bonchev–Trinajstić information content (AvgIpc) is 3.09. The Morgan fingerprint density at radius 1 is 1.20 bits per heavy atom. The van der Waals surface area contributed by atoms with Crippen LogP contribution >= 0.6 is 23.4 Å². The third-order valence-electron chi connectivity index (χ3n) is 3.77. The SMILES string of the molecule is CCc1ccc(C(=O)[C@@H](C)Sc2nnc(-c3cccc(Cl)c3)o2)cc1. The van der Waals surface area contributed by atoms with Crippen LogP contribution in [0.3, 0.4) is 0 Å². The molecule has 0 fully saturated rings. The quantitative estimate of drug-likeness (QED) is 0.433. The summed E-state index contributed by atoms with van der Waals surface area (Å²) in [4.78, 5) is 12.5. The molecule has 6 heteroatoms. The summed E-state index contributed by atoms with van der Waals surface area (Å²) in [6, 6.07) is 14.9. The van der Waals surface area contributed by atoms with E-state index in [0.717, 1.165) is 12.0 Å². The molecule has 1 atom stereocenters. The highest BCUT2D eigenvalue weighted by molar-refractivity contribution is 8.00. The lowest BCUT2D eigenvalue weighted by molar-refractivity contribution is 0.0993. The smallest absolute Gasteiger partial charge is 0.277 e. The summed E-state index contributed by atoms with van der Waals surface area (Å²) in [5, 5.41) is 8.69. The summed E-state index contributed by atoms with van der Waals surface area (Å²) in [5.41, 5.74) is 2.65. The number of benzene rings is 2. The molecule has 1 heterocycles. The van der Waals surface area contributed by atoms with E-state index < -0.39 is 0 Å². The Morgan fingerprint density at radius 3 is 2.64 bits per heavy atom. The normalized spacial score (nSPS) is 12.1. The molecule has 0 aliphatic heterocycles. The van der Waals surface area contributed by atoms with Gasteiger partial charge in [-0.3, -0.25) is 4.79 Å². The number of nitrogens with zero attached hydrogens (tertiary/aromatic N) is 2. The molecule has 1 aromatic heterocycles. The fraction of sp³-hybridized carbons (Fsp3) is 0.211. The number of hydrogen-bond acceptors (Lipinski definition) is 5. The molecule has 0 aliphatic carbocycles. The van der Waals surface area contributed by atoms with E-state index in [2.05, 4.69) is 17.1 Å². The van der Waals surface area contributed by atoms with E-state index in [0.29, 0.717) is 21.7 Å². The first-order valence-electron chi connectivity index (χ1n) is 7.96. The molecule has 0 bridgehead atoms. The zero-order valence-electron chi connectivity index (χ0n) is 13.9. The second-order valence-corrected chi connectivity index (χ2v) is 7.29. The van der Waals surface area contributed by atoms with E-state index >= 15 is 0 Å². The number of Topliss-reactive ketones (excluding diaryl/α,β-unsaturated/α-hetero) is 1. The fourth-order valence-electron chi connectivity index (χ4n) is 2.34. The molecule has 0 radical (unpaired) electrons. The van der Waals surface area contributed by atoms with Crippen LogP contribution in [0, 0.1) is 0 Å². The van der Waals surface area contributed by atoms with Crippen molar-refractivity contribution in [2.24, 2.45) is 0 Å². The van der Waals surface area contributed by atoms with Gasteiger partial charge in [0.1, 0.15) is 0 Å². The molecule has 0 saturated heterocycles. The van der Waals surface area contributed by atoms with Crippen LogP contribution < -0.4 is 0 Å². The van der Waals surface area contributed by atoms with E-state index in [-0.39, 0.29) is 11.0 Å². The first-order valence-corrected chi connectivity index (χ1v) is 9.22. The van der Waals surface area contributed by atoms with Crippen molar-refractivity contribution < 1.29 is 9.21 Å². The Balaban J connectivity index is 1.70. The second kappa shape index (κ2) is 7.85. The molecule has 4 nitrogen and oxygen atoms in total. The number of ketones is 1. The Bertz CT molecular complexity index is 877. The van der Waals surface area contributed by atoms with Gasteiger partial charge in [-0.25, -0.2) is 0 Å². The van der Waals surface area contributed by atoms with E-state index in [1.807, 2.05) is 43.3 Å². The van der Waals surface area contributed by atoms with Gasteiger partial charge in [-0.05, 0) is 37.1 Å². The second-order valence-electron chi connectivity index (χ2n) is 5.56. The Morgan fingerprint density at radius 2 is 1.96 bits per heavy atom. The average molecular weight is 373 g/mol. The molecular weight excluding hydrogens is 356 g/mol. The minimum Gasteiger partial charge on any atom is -0.411 e. The summed E-state index contributed by atoms with van der Waals surface area (Å²) >= 11 is 7.23. The van der Waals surface area contributed by atoms with Gasteiger partial charge in [-0.15, -0.1) is 10.2 Å². The van der Waals surface area contributed by atoms with Gasteiger partial charge in [0, 0.05) is 16.1 Å². The zero-order chi connectivity index (χ0) is 17.8. The predicted molar refractivity (Wildman–Crippen MR) is 100 cm³/mol. The van der Waals surface area contributed by atoms with Crippen LogP contribution in [-0.4, -0.2) is 21.2 Å². The number of aryl methyl sites for hydroxylation is 1. The number of rotatable bonds is 6. The molecule has 128 valence electrons. The molecule has 0 unspecified atom stereocenters. The Hall–Kier alpha value is -2.11. The fourth-order valence-corrected chi connectivity index (χ4v) is 3.29. The highest BCUT2D eigenvalue weighted by atomic mass is 35.5. The van der Waals surface area contributed by atoms with Crippen LogP contribution in [0.4, 0.5) is 0 Å². The largest absolute Gasteiger partial charge is 0.411 e. The van der Waals surface area contributed by atoms with Crippen LogP contribution in [0.1, 0.15) is 29.8 Å². The van der Waals surface area contributed by atoms with Crippen LogP contribution in [0.15, 0.2) is 58.2 Å². The highest BCUT2D eigenvalue weighted by Gasteiger charge is 2.20. The third-order valence-corrected chi connectivity index (χ3v) is 4.94. The van der Waals surface area contributed by atoms with E-state index in [4.69, 9.17) is 16.0 Å². The van der Waals surface area contributed by atoms with Crippen molar-refractivity contribution in [3.63, 3.8) is 0 Å². The van der Waals surface area contributed by atoms with Crippen molar-refractivity contribution in [2.45, 2.75) is 30.7 Å². The highest BCUT2D eigenvalue weighted by Crippen LogP contribution is 2.28. The molecular formula is C19H17ClN2O2S. The standard InChI is InChI=1S/C19H17ClN2O2S/c1-3-13-7-9-14(10-8-13)17(23)12(2)25-19-22-21-18(24-19)15-5-4-6-16(20)11-15/h4-12H,3H2,1-2H3/t12-/m1/s1. The van der Waals surface area contributed by atoms with Gasteiger partial charge in [0.2, 0.25) is 5.89 Å². The lowest BCUT2D eigenvalue weighted by Gasteiger charge is -2.08. The number of carbonyl (C=O) groups excluding carboxylic acids is 1. The van der Waals surface area contributed by atoms with Gasteiger partial charge in [0.25, 0.3) is 5.22 Å². The zero-order valence-corrected chi connectivity index (χ0v) is 15.5. The van der Waals surface area contributed by atoms with Crippen molar-refractivity contribution in [3.05, 3.63) is 64.7 Å². The molecule has 0 N–H and O–H groups in total. The molecule has 2 aromatic carbocycles. The van der Waals surface area contributed by atoms with E-state index in [1.165, 1.54) is 17.3 Å². The summed E-state index contributed by atoms with van der Waals surface area (Å²) in [5.74, 6) is 0.423. The van der Waals surface area contributed by atoms with Gasteiger partial charge in [-0.2, -0.15) is 0 Å². The van der Waals surface area contributed by atoms with Crippen molar-refractivity contribution in [3.8, 4) is 11.5 Å². The Labute approximate surface area is 155 Å². The molecule has 25 heavy (non-hydrogen) atoms. The first kappa shape index (κ1) is 17.7. The minimum absolute atomic E-state index is 0.0372. The van der Waals surface area contributed by atoms with Gasteiger partial charge < -0.3 is 4.42 Å². The number of thioether (sulfide) groups is 1. The lowest BCUT2D eigenvalue weighted by atomic mass is 10.1. The number of aromatic nitrogens is 2. The Kier molecular flexibility index (Phi) is 5.56. The molecule has 0 aliphatic rings. The van der Waals surface area contributed by atoms with Crippen LogP contribution in [0.25, 0.3) is 11.5 Å². The van der Waals surface area contributed by atoms with Gasteiger partial charge >= 0.3 is 0 Å². The van der Waals surface area contributed by atoms with Crippen molar-refractivity contribution in [1.29, 1.82) is 0 Å². The van der Waals surface area contributed by atoms with Crippen LogP contribution in [0.5, 0.6) is 0 Å². The van der Waals surface area contributed by atoms with E-state index in [1.54, 1.807) is 12.1 Å². The maximum Gasteiger partial charge on any atom is 0.277 e. The maximum absolute atomic E-state index is 12.5. The molecule has 3 rings (SSSR count). The monoisotopic (exact) mass is 372 g/mol. The molecule has 0 spiro atoms. The minimum atomic E-state index is -0.319. The van der Waals surface area contributed by atoms with Gasteiger partial charge in [-0.1, -0.05) is 60.6 Å². The topological polar surface area (TPSA) is 56.0 Å². The summed E-state index contributed by atoms with van der Waals surface area (Å²) in [6.07, 6.45) is 0.951. The summed E-state index contributed by atoms with van der Waals surface area (Å²) in [6.45, 7) is 3.92. The van der Waals surface area contributed by atoms with Crippen molar-refractivity contribution in [2.75, 3.05) is 0 Å². The van der Waals surface area contributed by atoms with Crippen molar-refractivity contribution in [1.82, 2.24) is 10.2 Å². The maximum atomic E-state index is 12.5. The first-order chi connectivity index (χ1) is 12.1. The van der Waals surface area contributed by atoms with Crippen LogP contribution in [0.2, 0.25) is 5.02 Å². The summed E-state index contributed by atoms with van der Waals surface area (Å²) < 4.78 is 5.65. The van der Waals surface area contributed by atoms with Gasteiger partial charge in [0.05, 0.1) is 5.25 Å². The van der Waals surface area contributed by atoms with Gasteiger partial charge in [0.15, 0.2) is 5.78 Å². The van der Waals surface area contributed by atoms with Crippen LogP contribution in [-0.2, 0) is 6.42 Å². The predicted octanol–water partition coefficient (Wildman–Crippen LogP) is 5.32. The molecule has 3 aromatic rings. The van der Waals surface area contributed by atoms with Crippen molar-refractivity contribution >= 4 is 29.1 Å². The van der Waals surface area contributed by atoms with E-state index in [9.17, 15) is 4.79 Å². The third kappa shape index (κ3) is 4.30. The summed E-state index contributed by atoms with van der Waals surface area (Å²) in [7, 11) is 0. The number of hydrogen-bond donors (Lipinski definition) is 0. The lowest BCUT2D eigenvalue weighted by Crippen LogP contribution is -2.13. The molecule has 0 amide bonds.